The highest BCUT2D eigenvalue weighted by Crippen LogP contribution is 2.38. The fraction of sp³-hybridized carbons (Fsp3) is 0.636. The number of rotatable bonds is 6. The summed E-state index contributed by atoms with van der Waals surface area (Å²) in [5.41, 5.74) is 4.50. The molecule has 0 spiro atoms. The molecular weight excluding hydrogens is 344 g/mol. The summed E-state index contributed by atoms with van der Waals surface area (Å²) in [6.45, 7) is 4.66. The minimum absolute atomic E-state index is 0. The highest BCUT2D eigenvalue weighted by molar-refractivity contribution is 5.88. The van der Waals surface area contributed by atoms with Gasteiger partial charge in [-0.2, -0.15) is 0 Å². The quantitative estimate of drug-likeness (QED) is 0.706. The normalized spacial score (nSPS) is 18.5. The number of hydrogen-bond donors (Lipinski definition) is 1. The average Bonchev–Trinajstić information content (AvgIpc) is 3.24. The van der Waals surface area contributed by atoms with Gasteiger partial charge in [-0.1, -0.05) is 26.2 Å². The zero-order chi connectivity index (χ0) is 17.2. The van der Waals surface area contributed by atoms with Gasteiger partial charge in [0.1, 0.15) is 5.75 Å². The molecule has 0 saturated heterocycles. The Morgan fingerprint density at radius 1 is 1.19 bits per heavy atom. The maximum Gasteiger partial charge on any atom is 0.119 e. The molecule has 2 heterocycles. The van der Waals surface area contributed by atoms with Crippen molar-refractivity contribution in [1.29, 1.82) is 0 Å². The first-order chi connectivity index (χ1) is 12.3. The first kappa shape index (κ1) is 19.6. The van der Waals surface area contributed by atoms with Crippen LogP contribution in [-0.2, 0) is 13.0 Å². The van der Waals surface area contributed by atoms with Gasteiger partial charge in [-0.15, -0.1) is 12.4 Å². The molecule has 4 rings (SSSR count). The van der Waals surface area contributed by atoms with Crippen molar-refractivity contribution in [2.45, 2.75) is 70.9 Å². The van der Waals surface area contributed by atoms with Gasteiger partial charge in [-0.3, -0.25) is 0 Å². The van der Waals surface area contributed by atoms with E-state index in [-0.39, 0.29) is 12.4 Å². The zero-order valence-electron chi connectivity index (χ0n) is 16.2. The van der Waals surface area contributed by atoms with Gasteiger partial charge in [-0.25, -0.2) is 0 Å². The number of aryl methyl sites for hydroxylation is 1. The Hall–Kier alpha value is -1.19. The van der Waals surface area contributed by atoms with E-state index in [1.54, 1.807) is 18.4 Å². The van der Waals surface area contributed by atoms with Gasteiger partial charge in [-0.05, 0) is 68.3 Å². The van der Waals surface area contributed by atoms with Gasteiger partial charge in [0.25, 0.3) is 0 Å². The lowest BCUT2D eigenvalue weighted by Crippen LogP contribution is -2.28. The molecular formula is C22H33ClN2O. The highest BCUT2D eigenvalue weighted by atomic mass is 35.5. The van der Waals surface area contributed by atoms with Crippen LogP contribution < -0.4 is 10.1 Å². The molecule has 0 unspecified atom stereocenters. The first-order valence-electron chi connectivity index (χ1n) is 10.2. The van der Waals surface area contributed by atoms with Crippen LogP contribution in [0.5, 0.6) is 5.75 Å². The van der Waals surface area contributed by atoms with Crippen LogP contribution in [0.4, 0.5) is 0 Å². The number of benzene rings is 1. The third kappa shape index (κ3) is 3.61. The van der Waals surface area contributed by atoms with Crippen molar-refractivity contribution in [3.8, 4) is 5.75 Å². The van der Waals surface area contributed by atoms with Crippen molar-refractivity contribution in [3.05, 3.63) is 29.5 Å². The number of methoxy groups -OCH3 is 1. The molecule has 2 aromatic rings. The molecule has 1 atom stereocenters. The van der Waals surface area contributed by atoms with Crippen molar-refractivity contribution in [2.75, 3.05) is 13.7 Å². The minimum atomic E-state index is 0. The van der Waals surface area contributed by atoms with Gasteiger partial charge in [0.15, 0.2) is 0 Å². The van der Waals surface area contributed by atoms with Crippen LogP contribution in [0.3, 0.4) is 0 Å². The van der Waals surface area contributed by atoms with E-state index in [2.05, 4.69) is 35.0 Å². The number of fused-ring (bicyclic) bond motifs is 3. The number of aromatic nitrogens is 1. The Labute approximate surface area is 163 Å². The third-order valence-corrected chi connectivity index (χ3v) is 6.35. The van der Waals surface area contributed by atoms with Gasteiger partial charge < -0.3 is 14.6 Å². The standard InChI is InChI=1S/C22H32N2O.ClH/c1-3-19(23-15-16-8-5-4-6-9-16)22-18-14-17(25-2)11-12-20(18)24-13-7-10-21(22)24;/h11-12,14,16,19,23H,3-10,13,15H2,1-2H3;1H/t19-;/m0./s1. The molecule has 144 valence electrons. The van der Waals surface area contributed by atoms with E-state index in [0.29, 0.717) is 6.04 Å². The molecule has 1 aliphatic heterocycles. The SMILES string of the molecule is CC[C@H](NCC1CCCCC1)c1c2n(c3ccc(OC)cc13)CCC2.Cl. The Morgan fingerprint density at radius 2 is 2.00 bits per heavy atom. The van der Waals surface area contributed by atoms with Crippen LogP contribution in [0.2, 0.25) is 0 Å². The Bertz CT molecular complexity index is 733. The van der Waals surface area contributed by atoms with Crippen molar-refractivity contribution in [1.82, 2.24) is 9.88 Å². The maximum absolute atomic E-state index is 5.52. The lowest BCUT2D eigenvalue weighted by molar-refractivity contribution is 0.326. The second-order valence-corrected chi connectivity index (χ2v) is 7.87. The fourth-order valence-electron chi connectivity index (χ4n) is 5.01. The van der Waals surface area contributed by atoms with E-state index in [9.17, 15) is 0 Å². The van der Waals surface area contributed by atoms with Crippen molar-refractivity contribution < 1.29 is 4.74 Å². The van der Waals surface area contributed by atoms with E-state index in [0.717, 1.165) is 24.6 Å². The molecule has 1 N–H and O–H groups in total. The average molecular weight is 377 g/mol. The smallest absolute Gasteiger partial charge is 0.119 e. The molecule has 4 heteroatoms. The molecule has 2 aliphatic rings. The Kier molecular flexibility index (Phi) is 6.52. The number of halogens is 1. The molecule has 1 aromatic carbocycles. The molecule has 3 nitrogen and oxygen atoms in total. The molecule has 0 amide bonds. The topological polar surface area (TPSA) is 26.2 Å². The fourth-order valence-corrected chi connectivity index (χ4v) is 5.01. The number of hydrogen-bond acceptors (Lipinski definition) is 2. The summed E-state index contributed by atoms with van der Waals surface area (Å²) in [4.78, 5) is 0. The van der Waals surface area contributed by atoms with E-state index < -0.39 is 0 Å². The van der Waals surface area contributed by atoms with E-state index in [1.807, 2.05) is 0 Å². The van der Waals surface area contributed by atoms with Crippen LogP contribution in [0, 0.1) is 5.92 Å². The minimum Gasteiger partial charge on any atom is -0.497 e. The van der Waals surface area contributed by atoms with E-state index in [4.69, 9.17) is 4.74 Å². The van der Waals surface area contributed by atoms with Crippen LogP contribution in [-0.4, -0.2) is 18.2 Å². The summed E-state index contributed by atoms with van der Waals surface area (Å²) < 4.78 is 8.07. The lowest BCUT2D eigenvalue weighted by Gasteiger charge is -2.25. The number of nitrogens with one attached hydrogen (secondary N) is 1. The molecule has 1 aromatic heterocycles. The van der Waals surface area contributed by atoms with Crippen molar-refractivity contribution in [2.24, 2.45) is 5.92 Å². The predicted molar refractivity (Wildman–Crippen MR) is 112 cm³/mol. The van der Waals surface area contributed by atoms with Crippen LogP contribution >= 0.6 is 12.4 Å². The monoisotopic (exact) mass is 376 g/mol. The summed E-state index contributed by atoms with van der Waals surface area (Å²) in [6.07, 6.45) is 10.7. The zero-order valence-corrected chi connectivity index (χ0v) is 17.0. The number of ether oxygens (including phenoxy) is 1. The van der Waals surface area contributed by atoms with Crippen LogP contribution in [0.25, 0.3) is 10.9 Å². The molecule has 1 fully saturated rings. The summed E-state index contributed by atoms with van der Waals surface area (Å²) in [5.74, 6) is 1.85. The van der Waals surface area contributed by atoms with Gasteiger partial charge in [0.2, 0.25) is 0 Å². The van der Waals surface area contributed by atoms with Crippen LogP contribution in [0.15, 0.2) is 18.2 Å². The molecule has 1 saturated carbocycles. The van der Waals surface area contributed by atoms with Gasteiger partial charge in [0.05, 0.1) is 7.11 Å². The summed E-state index contributed by atoms with van der Waals surface area (Å²) >= 11 is 0. The van der Waals surface area contributed by atoms with Crippen LogP contribution in [0.1, 0.15) is 69.2 Å². The highest BCUT2D eigenvalue weighted by Gasteiger charge is 2.26. The van der Waals surface area contributed by atoms with Crippen molar-refractivity contribution >= 4 is 23.3 Å². The lowest BCUT2D eigenvalue weighted by atomic mass is 9.88. The molecule has 26 heavy (non-hydrogen) atoms. The molecule has 0 radical (unpaired) electrons. The second-order valence-electron chi connectivity index (χ2n) is 7.87. The second kappa shape index (κ2) is 8.67. The molecule has 1 aliphatic carbocycles. The predicted octanol–water partition coefficient (Wildman–Crippen LogP) is 5.64. The van der Waals surface area contributed by atoms with E-state index in [1.165, 1.54) is 62.4 Å². The third-order valence-electron chi connectivity index (χ3n) is 6.35. The summed E-state index contributed by atoms with van der Waals surface area (Å²) in [5, 5.41) is 5.35. The van der Waals surface area contributed by atoms with Gasteiger partial charge >= 0.3 is 0 Å². The van der Waals surface area contributed by atoms with E-state index >= 15 is 0 Å². The summed E-state index contributed by atoms with van der Waals surface area (Å²) in [6, 6.07) is 7.07. The Morgan fingerprint density at radius 3 is 2.73 bits per heavy atom. The largest absolute Gasteiger partial charge is 0.497 e. The summed E-state index contributed by atoms with van der Waals surface area (Å²) in [7, 11) is 1.77. The maximum atomic E-state index is 5.52. The number of nitrogens with zero attached hydrogens (tertiary/aromatic N) is 1. The first-order valence-corrected chi connectivity index (χ1v) is 10.2. The van der Waals surface area contributed by atoms with Gasteiger partial charge in [0, 0.05) is 29.2 Å². The Balaban J connectivity index is 0.00000196. The molecule has 0 bridgehead atoms. The van der Waals surface area contributed by atoms with Crippen molar-refractivity contribution in [3.63, 3.8) is 0 Å².